The average Bonchev–Trinajstić information content (AvgIpc) is 2.73. The van der Waals surface area contributed by atoms with Crippen molar-refractivity contribution in [2.45, 2.75) is 32.7 Å². The monoisotopic (exact) mass is 153 g/mol. The zero-order valence-electron chi connectivity index (χ0n) is 7.21. The molecule has 1 rings (SSSR count). The topological polar surface area (TPSA) is 20.3 Å². The summed E-state index contributed by atoms with van der Waals surface area (Å²) in [6, 6.07) is 0.545. The van der Waals surface area contributed by atoms with Gasteiger partial charge in [0.05, 0.1) is 0 Å². The van der Waals surface area contributed by atoms with Gasteiger partial charge in [0.1, 0.15) is 0 Å². The van der Waals surface area contributed by atoms with Gasteiger partial charge in [-0.3, -0.25) is 4.79 Å². The van der Waals surface area contributed by atoms with Gasteiger partial charge in [-0.2, -0.15) is 0 Å². The first-order valence-electron chi connectivity index (χ1n) is 4.23. The van der Waals surface area contributed by atoms with Gasteiger partial charge >= 0.3 is 0 Å². The lowest BCUT2D eigenvalue weighted by atomic mass is 10.4. The summed E-state index contributed by atoms with van der Waals surface area (Å²) in [5.41, 5.74) is 0. The quantitative estimate of drug-likeness (QED) is 0.564. The molecule has 1 saturated carbocycles. The minimum absolute atomic E-state index is 0.164. The van der Waals surface area contributed by atoms with Crippen LogP contribution in [0.4, 0.5) is 0 Å². The molecule has 0 aromatic heterocycles. The van der Waals surface area contributed by atoms with E-state index < -0.39 is 0 Å². The molecule has 2 nitrogen and oxygen atoms in total. The molecular formula is C9H15NO. The van der Waals surface area contributed by atoms with Gasteiger partial charge in [0.2, 0.25) is 5.91 Å². The maximum Gasteiger partial charge on any atom is 0.246 e. The molecular weight excluding hydrogens is 138 g/mol. The molecule has 1 fully saturated rings. The molecule has 2 heteroatoms. The summed E-state index contributed by atoms with van der Waals surface area (Å²) < 4.78 is 0. The summed E-state index contributed by atoms with van der Waals surface area (Å²) in [4.78, 5) is 13.2. The van der Waals surface area contributed by atoms with Crippen LogP contribution in [0.15, 0.2) is 12.2 Å². The van der Waals surface area contributed by atoms with E-state index in [1.807, 2.05) is 18.7 Å². The minimum atomic E-state index is 0.164. The maximum absolute atomic E-state index is 11.3. The van der Waals surface area contributed by atoms with Crippen molar-refractivity contribution in [3.8, 4) is 0 Å². The van der Waals surface area contributed by atoms with Gasteiger partial charge in [-0.1, -0.05) is 6.08 Å². The highest BCUT2D eigenvalue weighted by Crippen LogP contribution is 2.26. The number of carbonyl (C=O) groups is 1. The Morgan fingerprint density at radius 1 is 1.64 bits per heavy atom. The predicted octanol–water partition coefficient (Wildman–Crippen LogP) is 1.57. The van der Waals surface area contributed by atoms with Crippen molar-refractivity contribution in [2.24, 2.45) is 0 Å². The highest BCUT2D eigenvalue weighted by atomic mass is 16.2. The Balaban J connectivity index is 2.46. The number of rotatable bonds is 3. The molecule has 1 amide bonds. The zero-order valence-corrected chi connectivity index (χ0v) is 7.21. The molecule has 0 radical (unpaired) electrons. The van der Waals surface area contributed by atoms with Crippen LogP contribution in [0, 0.1) is 0 Å². The van der Waals surface area contributed by atoms with E-state index >= 15 is 0 Å². The van der Waals surface area contributed by atoms with Crippen molar-refractivity contribution < 1.29 is 4.79 Å². The zero-order chi connectivity index (χ0) is 8.27. The van der Waals surface area contributed by atoms with Gasteiger partial charge in [-0.15, -0.1) is 0 Å². The van der Waals surface area contributed by atoms with E-state index in [0.29, 0.717) is 6.04 Å². The van der Waals surface area contributed by atoms with E-state index in [1.165, 1.54) is 12.8 Å². The fourth-order valence-electron chi connectivity index (χ4n) is 1.22. The van der Waals surface area contributed by atoms with Gasteiger partial charge in [0.25, 0.3) is 0 Å². The Labute approximate surface area is 67.9 Å². The summed E-state index contributed by atoms with van der Waals surface area (Å²) in [6.07, 6.45) is 5.82. The SMILES string of the molecule is CC=CC(=O)N(CC)C1CC1. The normalized spacial score (nSPS) is 17.3. The number of nitrogens with zero attached hydrogens (tertiary/aromatic N) is 1. The van der Waals surface area contributed by atoms with Crippen molar-refractivity contribution in [3.05, 3.63) is 12.2 Å². The average molecular weight is 153 g/mol. The predicted molar refractivity (Wildman–Crippen MR) is 45.2 cm³/mol. The van der Waals surface area contributed by atoms with Crippen LogP contribution in [0.3, 0.4) is 0 Å². The van der Waals surface area contributed by atoms with Crippen molar-refractivity contribution in [2.75, 3.05) is 6.54 Å². The lowest BCUT2D eigenvalue weighted by Crippen LogP contribution is -2.31. The third kappa shape index (κ3) is 2.07. The molecule has 11 heavy (non-hydrogen) atoms. The fraction of sp³-hybridized carbons (Fsp3) is 0.667. The lowest BCUT2D eigenvalue weighted by molar-refractivity contribution is -0.126. The maximum atomic E-state index is 11.3. The summed E-state index contributed by atoms with van der Waals surface area (Å²) in [5.74, 6) is 0.164. The fourth-order valence-corrected chi connectivity index (χ4v) is 1.22. The third-order valence-corrected chi connectivity index (χ3v) is 1.92. The van der Waals surface area contributed by atoms with Gasteiger partial charge in [0, 0.05) is 12.6 Å². The number of carbonyl (C=O) groups excluding carboxylic acids is 1. The first kappa shape index (κ1) is 8.31. The van der Waals surface area contributed by atoms with Gasteiger partial charge in [-0.25, -0.2) is 0 Å². The Morgan fingerprint density at radius 2 is 2.27 bits per heavy atom. The molecule has 0 aromatic rings. The van der Waals surface area contributed by atoms with Crippen LogP contribution < -0.4 is 0 Å². The standard InChI is InChI=1S/C9H15NO/c1-3-5-9(11)10(4-2)8-6-7-8/h3,5,8H,4,6-7H2,1-2H3. The number of allylic oxidation sites excluding steroid dienone is 1. The Bertz CT molecular complexity index is 170. The summed E-state index contributed by atoms with van der Waals surface area (Å²) >= 11 is 0. The summed E-state index contributed by atoms with van der Waals surface area (Å²) in [5, 5.41) is 0. The second kappa shape index (κ2) is 3.56. The largest absolute Gasteiger partial charge is 0.336 e. The van der Waals surface area contributed by atoms with Crippen LogP contribution in [0.25, 0.3) is 0 Å². The van der Waals surface area contributed by atoms with E-state index in [2.05, 4.69) is 0 Å². The number of amides is 1. The molecule has 0 aliphatic heterocycles. The van der Waals surface area contributed by atoms with E-state index in [-0.39, 0.29) is 5.91 Å². The van der Waals surface area contributed by atoms with Crippen molar-refractivity contribution in [1.82, 2.24) is 4.90 Å². The smallest absolute Gasteiger partial charge is 0.246 e. The van der Waals surface area contributed by atoms with E-state index in [9.17, 15) is 4.79 Å². The minimum Gasteiger partial charge on any atom is -0.336 e. The summed E-state index contributed by atoms with van der Waals surface area (Å²) in [6.45, 7) is 4.74. The van der Waals surface area contributed by atoms with Crippen LogP contribution >= 0.6 is 0 Å². The number of hydrogen-bond acceptors (Lipinski definition) is 1. The molecule has 0 aromatic carbocycles. The van der Waals surface area contributed by atoms with Gasteiger partial charge in [-0.05, 0) is 32.8 Å². The molecule has 0 atom stereocenters. The molecule has 0 heterocycles. The van der Waals surface area contributed by atoms with Gasteiger partial charge in [0.15, 0.2) is 0 Å². The number of hydrogen-bond donors (Lipinski definition) is 0. The molecule has 1 aliphatic carbocycles. The van der Waals surface area contributed by atoms with E-state index in [4.69, 9.17) is 0 Å². The molecule has 0 unspecified atom stereocenters. The van der Waals surface area contributed by atoms with Crippen LogP contribution in [0.2, 0.25) is 0 Å². The van der Waals surface area contributed by atoms with Crippen molar-refractivity contribution in [3.63, 3.8) is 0 Å². The van der Waals surface area contributed by atoms with Crippen LogP contribution in [0.1, 0.15) is 26.7 Å². The molecule has 0 bridgehead atoms. The van der Waals surface area contributed by atoms with Crippen LogP contribution in [0.5, 0.6) is 0 Å². The summed E-state index contributed by atoms with van der Waals surface area (Å²) in [7, 11) is 0. The molecule has 0 saturated heterocycles. The third-order valence-electron chi connectivity index (χ3n) is 1.92. The Morgan fingerprint density at radius 3 is 2.64 bits per heavy atom. The second-order valence-electron chi connectivity index (χ2n) is 2.86. The molecule has 0 spiro atoms. The molecule has 1 aliphatic rings. The van der Waals surface area contributed by atoms with Crippen molar-refractivity contribution in [1.29, 1.82) is 0 Å². The van der Waals surface area contributed by atoms with E-state index in [1.54, 1.807) is 12.2 Å². The molecule has 62 valence electrons. The van der Waals surface area contributed by atoms with Crippen LogP contribution in [-0.4, -0.2) is 23.4 Å². The first-order chi connectivity index (χ1) is 5.29. The first-order valence-corrected chi connectivity index (χ1v) is 4.23. The van der Waals surface area contributed by atoms with Crippen molar-refractivity contribution >= 4 is 5.91 Å². The van der Waals surface area contributed by atoms with E-state index in [0.717, 1.165) is 6.54 Å². The van der Waals surface area contributed by atoms with Crippen LogP contribution in [-0.2, 0) is 4.79 Å². The number of likely N-dealkylation sites (N-methyl/N-ethyl adjacent to an activating group) is 1. The lowest BCUT2D eigenvalue weighted by Gasteiger charge is -2.17. The highest BCUT2D eigenvalue weighted by molar-refractivity contribution is 5.87. The Kier molecular flexibility index (Phi) is 2.69. The van der Waals surface area contributed by atoms with Gasteiger partial charge < -0.3 is 4.90 Å². The second-order valence-corrected chi connectivity index (χ2v) is 2.86. The Hall–Kier alpha value is -0.790. The highest BCUT2D eigenvalue weighted by Gasteiger charge is 2.29. The molecule has 0 N–H and O–H groups in total.